The van der Waals surface area contributed by atoms with Crippen LogP contribution in [0.15, 0.2) is 30.6 Å². The van der Waals surface area contributed by atoms with Gasteiger partial charge < -0.3 is 19.8 Å². The molecule has 0 saturated carbocycles. The number of esters is 1. The van der Waals surface area contributed by atoms with Gasteiger partial charge >= 0.3 is 12.1 Å². The number of nitrogens with one attached hydrogen (secondary N) is 2. The maximum atomic E-state index is 12.4. The van der Waals surface area contributed by atoms with Gasteiger partial charge in [-0.25, -0.2) is 9.59 Å². The second-order valence-corrected chi connectivity index (χ2v) is 7.25. The zero-order valence-electron chi connectivity index (χ0n) is 16.5. The molecule has 2 rings (SSSR count). The van der Waals surface area contributed by atoms with Gasteiger partial charge in [0.2, 0.25) is 0 Å². The van der Waals surface area contributed by atoms with Crippen LogP contribution in [0.25, 0.3) is 11.3 Å². The van der Waals surface area contributed by atoms with Crippen LogP contribution in [0.4, 0.5) is 4.79 Å². The molecule has 2 heterocycles. The smallest absolute Gasteiger partial charge is 0.407 e. The molecule has 1 amide bonds. The molecule has 7 nitrogen and oxygen atoms in total. The van der Waals surface area contributed by atoms with Gasteiger partial charge in [-0.2, -0.15) is 0 Å². The summed E-state index contributed by atoms with van der Waals surface area (Å²) in [4.78, 5) is 31.6. The number of ether oxygens (including phenoxy) is 2. The lowest BCUT2D eigenvalue weighted by atomic mass is 10.0. The van der Waals surface area contributed by atoms with Crippen LogP contribution in [0, 0.1) is 0 Å². The van der Waals surface area contributed by atoms with Crippen molar-refractivity contribution in [3.63, 3.8) is 0 Å². The summed E-state index contributed by atoms with van der Waals surface area (Å²) in [6, 6.07) is 5.48. The number of nitrogens with zero attached hydrogens (tertiary/aromatic N) is 1. The van der Waals surface area contributed by atoms with E-state index in [1.54, 1.807) is 46.2 Å². The Balaban J connectivity index is 2.21. The normalized spacial score (nSPS) is 12.3. The maximum absolute atomic E-state index is 12.4. The van der Waals surface area contributed by atoms with Gasteiger partial charge in [-0.15, -0.1) is 0 Å². The Kier molecular flexibility index (Phi) is 6.60. The number of pyridine rings is 1. The molecule has 7 heteroatoms. The van der Waals surface area contributed by atoms with Crippen LogP contribution in [0.3, 0.4) is 0 Å². The van der Waals surface area contributed by atoms with Gasteiger partial charge in [0, 0.05) is 41.8 Å². The van der Waals surface area contributed by atoms with Crippen molar-refractivity contribution in [2.75, 3.05) is 13.2 Å². The minimum absolute atomic E-state index is 0.146. The first-order valence-corrected chi connectivity index (χ1v) is 8.98. The van der Waals surface area contributed by atoms with Crippen molar-refractivity contribution >= 4 is 12.1 Å². The lowest BCUT2D eigenvalue weighted by molar-refractivity contribution is 0.0520. The van der Waals surface area contributed by atoms with Crippen molar-refractivity contribution < 1.29 is 19.1 Å². The molecule has 0 aliphatic heterocycles. The third-order valence-electron chi connectivity index (χ3n) is 3.78. The molecule has 0 fully saturated rings. The number of aromatic nitrogens is 2. The molecule has 146 valence electrons. The first-order chi connectivity index (χ1) is 12.7. The zero-order chi connectivity index (χ0) is 20.0. The molecule has 2 aromatic heterocycles. The van der Waals surface area contributed by atoms with Crippen LogP contribution in [-0.4, -0.2) is 40.8 Å². The zero-order valence-corrected chi connectivity index (χ0v) is 16.5. The quantitative estimate of drug-likeness (QED) is 0.750. The Morgan fingerprint density at radius 1 is 1.26 bits per heavy atom. The number of aromatic amines is 1. The third-order valence-corrected chi connectivity index (χ3v) is 3.78. The van der Waals surface area contributed by atoms with Crippen LogP contribution in [-0.2, 0) is 9.47 Å². The van der Waals surface area contributed by atoms with Crippen LogP contribution in [0.5, 0.6) is 0 Å². The molecule has 0 spiro atoms. The van der Waals surface area contributed by atoms with E-state index in [2.05, 4.69) is 15.3 Å². The number of amides is 1. The summed E-state index contributed by atoms with van der Waals surface area (Å²) in [5.74, 6) is -0.541. The Morgan fingerprint density at radius 2 is 1.93 bits per heavy atom. The molecule has 2 aromatic rings. The Hall–Kier alpha value is -2.83. The fourth-order valence-corrected chi connectivity index (χ4v) is 2.58. The summed E-state index contributed by atoms with van der Waals surface area (Å²) >= 11 is 0. The van der Waals surface area contributed by atoms with Gasteiger partial charge in [-0.1, -0.05) is 6.92 Å². The highest BCUT2D eigenvalue weighted by molar-refractivity contribution is 5.92. The van der Waals surface area contributed by atoms with E-state index in [0.717, 1.165) is 11.3 Å². The first kappa shape index (κ1) is 20.5. The SMILES string of the molecule is CCOC(=O)c1cc(-c2ccncc2)[nH]c1C(C)CNC(=O)OC(C)(C)C. The first-order valence-electron chi connectivity index (χ1n) is 8.98. The summed E-state index contributed by atoms with van der Waals surface area (Å²) < 4.78 is 10.4. The van der Waals surface area contributed by atoms with E-state index in [0.29, 0.717) is 24.4 Å². The van der Waals surface area contributed by atoms with Crippen LogP contribution in [0.2, 0.25) is 0 Å². The molecule has 1 atom stereocenters. The molecule has 0 aliphatic rings. The predicted octanol–water partition coefficient (Wildman–Crippen LogP) is 3.88. The summed E-state index contributed by atoms with van der Waals surface area (Å²) in [5.41, 5.74) is 2.30. The molecule has 0 aromatic carbocycles. The highest BCUT2D eigenvalue weighted by atomic mass is 16.6. The fourth-order valence-electron chi connectivity index (χ4n) is 2.58. The summed E-state index contributed by atoms with van der Waals surface area (Å²) in [6.45, 7) is 9.71. The van der Waals surface area contributed by atoms with Gasteiger partial charge in [-0.3, -0.25) is 4.98 Å². The highest BCUT2D eigenvalue weighted by Crippen LogP contribution is 2.27. The number of H-pyrrole nitrogens is 1. The molecule has 27 heavy (non-hydrogen) atoms. The van der Waals surface area contributed by atoms with E-state index in [4.69, 9.17) is 9.47 Å². The van der Waals surface area contributed by atoms with Crippen molar-refractivity contribution in [3.05, 3.63) is 41.9 Å². The predicted molar refractivity (Wildman–Crippen MR) is 103 cm³/mol. The number of hydrogen-bond acceptors (Lipinski definition) is 5. The minimum Gasteiger partial charge on any atom is -0.462 e. The number of carbonyl (C=O) groups excluding carboxylic acids is 2. The van der Waals surface area contributed by atoms with E-state index < -0.39 is 17.7 Å². The average molecular weight is 373 g/mol. The Labute approximate surface area is 159 Å². The maximum Gasteiger partial charge on any atom is 0.407 e. The van der Waals surface area contributed by atoms with E-state index in [1.165, 1.54) is 0 Å². The van der Waals surface area contributed by atoms with Crippen molar-refractivity contribution in [1.82, 2.24) is 15.3 Å². The molecule has 0 bridgehead atoms. The number of hydrogen-bond donors (Lipinski definition) is 2. The van der Waals surface area contributed by atoms with Crippen molar-refractivity contribution in [3.8, 4) is 11.3 Å². The molecule has 2 N–H and O–H groups in total. The van der Waals surface area contributed by atoms with E-state index in [9.17, 15) is 9.59 Å². The molecule has 1 unspecified atom stereocenters. The van der Waals surface area contributed by atoms with Crippen molar-refractivity contribution in [1.29, 1.82) is 0 Å². The summed E-state index contributed by atoms with van der Waals surface area (Å²) in [7, 11) is 0. The van der Waals surface area contributed by atoms with Crippen LogP contribution < -0.4 is 5.32 Å². The van der Waals surface area contributed by atoms with Crippen LogP contribution in [0.1, 0.15) is 56.6 Å². The summed E-state index contributed by atoms with van der Waals surface area (Å²) in [6.07, 6.45) is 2.88. The average Bonchev–Trinajstić information content (AvgIpc) is 3.05. The van der Waals surface area contributed by atoms with Gasteiger partial charge in [0.1, 0.15) is 5.60 Å². The lowest BCUT2D eigenvalue weighted by Gasteiger charge is -2.21. The number of carbonyl (C=O) groups is 2. The van der Waals surface area contributed by atoms with Gasteiger partial charge in [0.05, 0.1) is 12.2 Å². The topological polar surface area (TPSA) is 93.3 Å². The van der Waals surface area contributed by atoms with Gasteiger partial charge in [-0.05, 0) is 45.9 Å². The lowest BCUT2D eigenvalue weighted by Crippen LogP contribution is -2.34. The molecule has 0 aliphatic carbocycles. The van der Waals surface area contributed by atoms with Crippen molar-refractivity contribution in [2.24, 2.45) is 0 Å². The second kappa shape index (κ2) is 8.70. The summed E-state index contributed by atoms with van der Waals surface area (Å²) in [5, 5.41) is 2.74. The number of rotatable bonds is 6. The minimum atomic E-state index is -0.565. The van der Waals surface area contributed by atoms with E-state index >= 15 is 0 Å². The number of alkyl carbamates (subject to hydrolysis) is 1. The van der Waals surface area contributed by atoms with E-state index in [1.807, 2.05) is 19.1 Å². The van der Waals surface area contributed by atoms with E-state index in [-0.39, 0.29) is 5.92 Å². The third kappa shape index (κ3) is 5.84. The largest absolute Gasteiger partial charge is 0.462 e. The molecule has 0 radical (unpaired) electrons. The molecular weight excluding hydrogens is 346 g/mol. The fraction of sp³-hybridized carbons (Fsp3) is 0.450. The monoisotopic (exact) mass is 373 g/mol. The Bertz CT molecular complexity index is 778. The van der Waals surface area contributed by atoms with Gasteiger partial charge in [0.25, 0.3) is 0 Å². The molecule has 0 saturated heterocycles. The molecular formula is C20H27N3O4. The second-order valence-electron chi connectivity index (χ2n) is 7.25. The Morgan fingerprint density at radius 3 is 2.52 bits per heavy atom. The van der Waals surface area contributed by atoms with Gasteiger partial charge in [0.15, 0.2) is 0 Å². The van der Waals surface area contributed by atoms with Crippen molar-refractivity contribution in [2.45, 2.75) is 46.1 Å². The standard InChI is InChI=1S/C20H27N3O4/c1-6-26-18(24)15-11-16(14-7-9-21-10-8-14)23-17(15)13(2)12-22-19(25)27-20(3,4)5/h7-11,13,23H,6,12H2,1-5H3,(H,22,25). The highest BCUT2D eigenvalue weighted by Gasteiger charge is 2.23. The van der Waals surface area contributed by atoms with Crippen LogP contribution >= 0.6 is 0 Å².